The zero-order chi connectivity index (χ0) is 19.9. The Morgan fingerprint density at radius 3 is 2.63 bits per heavy atom. The lowest BCUT2D eigenvalue weighted by molar-refractivity contribution is -0.119. The lowest BCUT2D eigenvalue weighted by atomic mass is 9.94. The lowest BCUT2D eigenvalue weighted by Crippen LogP contribution is -2.47. The highest BCUT2D eigenvalue weighted by molar-refractivity contribution is 7.99. The minimum atomic E-state index is -0.630. The Morgan fingerprint density at radius 2 is 2.04 bits per heavy atom. The van der Waals surface area contributed by atoms with Crippen LogP contribution in [0, 0.1) is 18.2 Å². The third-order valence-corrected chi connectivity index (χ3v) is 4.90. The maximum atomic E-state index is 12.9. The number of hydrogen-bond acceptors (Lipinski definition) is 6. The molecule has 6 nitrogen and oxygen atoms in total. The summed E-state index contributed by atoms with van der Waals surface area (Å²) in [4.78, 5) is 12.1. The third-order valence-electron chi connectivity index (χ3n) is 4.09. The number of nitrogens with zero attached hydrogens (tertiary/aromatic N) is 2. The molecule has 0 radical (unpaired) electrons. The normalized spacial score (nSPS) is 12.3. The first kappa shape index (κ1) is 20.8. The summed E-state index contributed by atoms with van der Waals surface area (Å²) in [5.74, 6) is 2.98. The van der Waals surface area contributed by atoms with Crippen LogP contribution in [0.2, 0.25) is 0 Å². The smallest absolute Gasteiger partial charge is 0.277 e. The number of amides is 1. The second kappa shape index (κ2) is 9.42. The lowest BCUT2D eigenvalue weighted by Gasteiger charge is -2.26. The number of thioether (sulfide) groups is 1. The summed E-state index contributed by atoms with van der Waals surface area (Å²) < 4.78 is 24.1. The molecule has 1 aromatic heterocycles. The van der Waals surface area contributed by atoms with Gasteiger partial charge in [-0.1, -0.05) is 31.5 Å². The molecule has 144 valence electrons. The summed E-state index contributed by atoms with van der Waals surface area (Å²) in [6, 6.07) is 5.64. The molecule has 27 heavy (non-hydrogen) atoms. The summed E-state index contributed by atoms with van der Waals surface area (Å²) in [6.45, 7) is 5.61. The van der Waals surface area contributed by atoms with Crippen molar-refractivity contribution in [2.75, 3.05) is 5.75 Å². The van der Waals surface area contributed by atoms with Crippen molar-refractivity contribution in [2.45, 2.75) is 50.5 Å². The third kappa shape index (κ3) is 5.73. The molecule has 0 saturated heterocycles. The second-order valence-corrected chi connectivity index (χ2v) is 6.82. The topological polar surface area (TPSA) is 77.2 Å². The zero-order valence-electron chi connectivity index (χ0n) is 15.5. The van der Waals surface area contributed by atoms with E-state index >= 15 is 0 Å². The number of carbonyl (C=O) groups is 1. The maximum Gasteiger partial charge on any atom is 0.277 e. The minimum absolute atomic E-state index is 0.109. The average Bonchev–Trinajstić information content (AvgIpc) is 3.16. The number of nitrogens with one attached hydrogen (secondary N) is 1. The van der Waals surface area contributed by atoms with Crippen LogP contribution >= 0.6 is 11.8 Å². The summed E-state index contributed by atoms with van der Waals surface area (Å²) in [5.41, 5.74) is -0.630. The molecule has 8 heteroatoms. The van der Waals surface area contributed by atoms with Gasteiger partial charge in [-0.05, 0) is 44.0 Å². The Bertz CT molecular complexity index is 797. The van der Waals surface area contributed by atoms with Gasteiger partial charge >= 0.3 is 0 Å². The fraction of sp³-hybridized carbons (Fsp3) is 0.421. The number of ether oxygens (including phenoxy) is 1. The fourth-order valence-corrected chi connectivity index (χ4v) is 2.88. The first-order chi connectivity index (χ1) is 12.9. The van der Waals surface area contributed by atoms with Crippen molar-refractivity contribution in [1.82, 2.24) is 15.5 Å². The van der Waals surface area contributed by atoms with Gasteiger partial charge in [0.05, 0.1) is 5.75 Å². The van der Waals surface area contributed by atoms with Gasteiger partial charge in [-0.3, -0.25) is 4.79 Å². The van der Waals surface area contributed by atoms with Gasteiger partial charge in [-0.25, -0.2) is 4.39 Å². The van der Waals surface area contributed by atoms with Crippen LogP contribution in [0.3, 0.4) is 0 Å². The van der Waals surface area contributed by atoms with E-state index in [1.54, 1.807) is 6.92 Å². The molecule has 1 atom stereocenters. The highest BCUT2D eigenvalue weighted by atomic mass is 32.2. The van der Waals surface area contributed by atoms with Gasteiger partial charge in [0.15, 0.2) is 6.10 Å². The minimum Gasteiger partial charge on any atom is -0.481 e. The number of carbonyl (C=O) groups excluding carboxylic acids is 1. The molecule has 0 aliphatic heterocycles. The van der Waals surface area contributed by atoms with E-state index in [0.717, 1.165) is 11.8 Å². The summed E-state index contributed by atoms with van der Waals surface area (Å²) in [6.07, 6.45) is 6.34. The Morgan fingerprint density at radius 1 is 1.37 bits per heavy atom. The molecule has 1 aromatic carbocycles. The molecule has 0 spiro atoms. The zero-order valence-corrected chi connectivity index (χ0v) is 16.3. The van der Waals surface area contributed by atoms with Crippen LogP contribution in [-0.2, 0) is 4.79 Å². The number of rotatable bonds is 9. The Hall–Kier alpha value is -2.53. The standard InChI is InChI=1S/C19H22FN3O3S/c1-5-19(6-2,7-3)21-16(24)12-27-18-23-22-17(26-18)13(4)25-15-10-8-14(20)9-11-15/h1,8-11,13H,6-7,12H2,2-4H3,(H,21,24). The van der Waals surface area contributed by atoms with Gasteiger partial charge in [-0.2, -0.15) is 0 Å². The summed E-state index contributed by atoms with van der Waals surface area (Å²) in [7, 11) is 0. The molecule has 2 aromatic rings. The first-order valence-electron chi connectivity index (χ1n) is 8.58. The molecular formula is C19H22FN3O3S. The molecule has 0 saturated carbocycles. The molecule has 0 aliphatic carbocycles. The Labute approximate surface area is 162 Å². The van der Waals surface area contributed by atoms with Crippen LogP contribution < -0.4 is 10.1 Å². The van der Waals surface area contributed by atoms with Gasteiger partial charge in [0.1, 0.15) is 17.1 Å². The van der Waals surface area contributed by atoms with Crippen LogP contribution in [-0.4, -0.2) is 27.4 Å². The fourth-order valence-electron chi connectivity index (χ4n) is 2.31. The average molecular weight is 391 g/mol. The number of benzene rings is 1. The van der Waals surface area contributed by atoms with Crippen molar-refractivity contribution >= 4 is 17.7 Å². The molecular weight excluding hydrogens is 369 g/mol. The van der Waals surface area contributed by atoms with E-state index in [2.05, 4.69) is 21.4 Å². The highest BCUT2D eigenvalue weighted by Gasteiger charge is 2.25. The van der Waals surface area contributed by atoms with Crippen LogP contribution in [0.4, 0.5) is 4.39 Å². The monoisotopic (exact) mass is 391 g/mol. The number of aromatic nitrogens is 2. The van der Waals surface area contributed by atoms with Gasteiger partial charge in [0.25, 0.3) is 11.1 Å². The number of terminal acetylenes is 1. The molecule has 1 heterocycles. The van der Waals surface area contributed by atoms with E-state index in [9.17, 15) is 9.18 Å². The number of hydrogen-bond donors (Lipinski definition) is 1. The van der Waals surface area contributed by atoms with Gasteiger partial charge in [0, 0.05) is 0 Å². The molecule has 0 bridgehead atoms. The Kier molecular flexibility index (Phi) is 7.25. The van der Waals surface area contributed by atoms with E-state index in [-0.39, 0.29) is 28.6 Å². The predicted molar refractivity (Wildman–Crippen MR) is 101 cm³/mol. The number of halogens is 1. The van der Waals surface area contributed by atoms with Crippen molar-refractivity contribution in [3.05, 3.63) is 36.0 Å². The van der Waals surface area contributed by atoms with E-state index in [4.69, 9.17) is 15.6 Å². The van der Waals surface area contributed by atoms with Gasteiger partial charge in [0.2, 0.25) is 5.91 Å². The quantitative estimate of drug-likeness (QED) is 0.518. The van der Waals surface area contributed by atoms with E-state index in [0.29, 0.717) is 18.6 Å². The first-order valence-corrected chi connectivity index (χ1v) is 9.57. The van der Waals surface area contributed by atoms with Crippen LogP contribution in [0.25, 0.3) is 0 Å². The van der Waals surface area contributed by atoms with Crippen LogP contribution in [0.15, 0.2) is 33.9 Å². The van der Waals surface area contributed by atoms with E-state index < -0.39 is 11.6 Å². The van der Waals surface area contributed by atoms with Gasteiger partial charge in [-0.15, -0.1) is 16.6 Å². The van der Waals surface area contributed by atoms with Crippen molar-refractivity contribution < 1.29 is 18.3 Å². The van der Waals surface area contributed by atoms with E-state index in [1.165, 1.54) is 24.3 Å². The summed E-state index contributed by atoms with van der Waals surface area (Å²) >= 11 is 1.12. The highest BCUT2D eigenvalue weighted by Crippen LogP contribution is 2.24. The van der Waals surface area contributed by atoms with Crippen LogP contribution in [0.1, 0.15) is 45.6 Å². The molecule has 1 N–H and O–H groups in total. The van der Waals surface area contributed by atoms with E-state index in [1.807, 2.05) is 13.8 Å². The van der Waals surface area contributed by atoms with Crippen LogP contribution in [0.5, 0.6) is 5.75 Å². The predicted octanol–water partition coefficient (Wildman–Crippen LogP) is 3.75. The Balaban J connectivity index is 1.89. The van der Waals surface area contributed by atoms with Crippen molar-refractivity contribution in [3.8, 4) is 18.1 Å². The second-order valence-electron chi connectivity index (χ2n) is 5.89. The molecule has 0 fully saturated rings. The van der Waals surface area contributed by atoms with Crippen molar-refractivity contribution in [3.63, 3.8) is 0 Å². The van der Waals surface area contributed by atoms with Crippen molar-refractivity contribution in [1.29, 1.82) is 0 Å². The molecule has 1 amide bonds. The molecule has 0 aliphatic rings. The molecule has 1 unspecified atom stereocenters. The summed E-state index contributed by atoms with van der Waals surface area (Å²) in [5, 5.41) is 11.0. The largest absolute Gasteiger partial charge is 0.481 e. The SMILES string of the molecule is C#CC(CC)(CC)NC(=O)CSc1nnc(C(C)Oc2ccc(F)cc2)o1. The van der Waals surface area contributed by atoms with Gasteiger partial charge < -0.3 is 14.5 Å². The van der Waals surface area contributed by atoms with Crippen molar-refractivity contribution in [2.24, 2.45) is 0 Å². The molecule has 2 rings (SSSR count). The maximum absolute atomic E-state index is 12.9.